The van der Waals surface area contributed by atoms with Crippen LogP contribution in [-0.2, 0) is 10.8 Å². The van der Waals surface area contributed by atoms with E-state index in [4.69, 9.17) is 16.6 Å². The normalized spacial score (nSPS) is 23.7. The molecule has 4 heterocycles. The highest BCUT2D eigenvalue weighted by molar-refractivity contribution is 7.85. The Morgan fingerprint density at radius 1 is 1.17 bits per heavy atom. The second-order valence-electron chi connectivity index (χ2n) is 8.02. The van der Waals surface area contributed by atoms with Gasteiger partial charge in [-0.1, -0.05) is 11.6 Å². The zero-order valence-corrected chi connectivity index (χ0v) is 17.6. The quantitative estimate of drug-likeness (QED) is 0.781. The summed E-state index contributed by atoms with van der Waals surface area (Å²) in [4.78, 5) is 22.9. The van der Waals surface area contributed by atoms with E-state index < -0.39 is 10.8 Å². The Labute approximate surface area is 176 Å². The molecule has 0 aromatic carbocycles. The lowest BCUT2D eigenvalue weighted by atomic mass is 9.76. The fourth-order valence-electron chi connectivity index (χ4n) is 4.44. The van der Waals surface area contributed by atoms with Crippen LogP contribution in [0.15, 0.2) is 23.5 Å². The molecule has 2 aromatic heterocycles. The molecule has 0 radical (unpaired) electrons. The van der Waals surface area contributed by atoms with Crippen molar-refractivity contribution in [1.82, 2.24) is 19.9 Å². The van der Waals surface area contributed by atoms with Gasteiger partial charge in [0.1, 0.15) is 22.4 Å². The Kier molecular flexibility index (Phi) is 4.92. The SMILES string of the molecule is O=S1CN(C2(CO)CCC2)c2nc(C3CCN(c4ncc(Cl)cn4)CC3)ncc21. The zero-order valence-electron chi connectivity index (χ0n) is 16.0. The van der Waals surface area contributed by atoms with Gasteiger partial charge in [-0.2, -0.15) is 0 Å². The zero-order chi connectivity index (χ0) is 20.0. The van der Waals surface area contributed by atoms with Gasteiger partial charge in [0.2, 0.25) is 5.95 Å². The largest absolute Gasteiger partial charge is 0.394 e. The van der Waals surface area contributed by atoms with Gasteiger partial charge >= 0.3 is 0 Å². The van der Waals surface area contributed by atoms with Crippen LogP contribution in [0.1, 0.15) is 43.8 Å². The molecule has 1 saturated carbocycles. The monoisotopic (exact) mass is 434 g/mol. The average Bonchev–Trinajstić information content (AvgIpc) is 3.05. The van der Waals surface area contributed by atoms with E-state index in [1.54, 1.807) is 18.6 Å². The highest BCUT2D eigenvalue weighted by Crippen LogP contribution is 2.44. The van der Waals surface area contributed by atoms with Crippen LogP contribution in [0.3, 0.4) is 0 Å². The fraction of sp³-hybridized carbons (Fsp3) is 0.579. The van der Waals surface area contributed by atoms with Crippen LogP contribution < -0.4 is 9.80 Å². The third-order valence-corrected chi connectivity index (χ3v) is 7.87. The maximum atomic E-state index is 12.6. The first-order chi connectivity index (χ1) is 14.1. The van der Waals surface area contributed by atoms with Crippen molar-refractivity contribution in [2.45, 2.75) is 48.5 Å². The van der Waals surface area contributed by atoms with E-state index in [2.05, 4.69) is 24.8 Å². The predicted molar refractivity (Wildman–Crippen MR) is 111 cm³/mol. The van der Waals surface area contributed by atoms with Gasteiger partial charge in [0.15, 0.2) is 0 Å². The van der Waals surface area contributed by atoms with Crippen molar-refractivity contribution < 1.29 is 9.32 Å². The number of hydrogen-bond acceptors (Lipinski definition) is 8. The van der Waals surface area contributed by atoms with Gasteiger partial charge in [0.25, 0.3) is 0 Å². The van der Waals surface area contributed by atoms with Crippen molar-refractivity contribution >= 4 is 34.2 Å². The first-order valence-electron chi connectivity index (χ1n) is 9.96. The molecule has 3 aliphatic rings. The summed E-state index contributed by atoms with van der Waals surface area (Å²) in [7, 11) is -1.14. The Bertz CT molecular complexity index is 925. The number of anilines is 2. The van der Waals surface area contributed by atoms with E-state index >= 15 is 0 Å². The summed E-state index contributed by atoms with van der Waals surface area (Å²) in [6, 6.07) is 0. The summed E-state index contributed by atoms with van der Waals surface area (Å²) in [5.41, 5.74) is -0.304. The number of aliphatic hydroxyl groups is 1. The van der Waals surface area contributed by atoms with E-state index in [9.17, 15) is 9.32 Å². The highest BCUT2D eigenvalue weighted by Gasteiger charge is 2.47. The Morgan fingerprint density at radius 2 is 1.90 bits per heavy atom. The minimum absolute atomic E-state index is 0.0719. The number of nitrogens with zero attached hydrogens (tertiary/aromatic N) is 6. The number of hydrogen-bond donors (Lipinski definition) is 1. The molecular weight excluding hydrogens is 412 g/mol. The molecule has 2 fully saturated rings. The number of aliphatic hydroxyl groups excluding tert-OH is 1. The van der Waals surface area contributed by atoms with E-state index in [1.165, 1.54) is 0 Å². The van der Waals surface area contributed by atoms with Crippen LogP contribution in [0.5, 0.6) is 0 Å². The molecule has 0 bridgehead atoms. The van der Waals surface area contributed by atoms with Crippen LogP contribution >= 0.6 is 11.6 Å². The maximum absolute atomic E-state index is 12.6. The van der Waals surface area contributed by atoms with Crippen LogP contribution in [-0.4, -0.2) is 60.4 Å². The third kappa shape index (κ3) is 3.29. The van der Waals surface area contributed by atoms with Crippen molar-refractivity contribution in [2.75, 3.05) is 35.4 Å². The summed E-state index contributed by atoms with van der Waals surface area (Å²) in [5.74, 6) is 2.90. The van der Waals surface area contributed by atoms with Crippen LogP contribution in [0.2, 0.25) is 5.02 Å². The number of aromatic nitrogens is 4. The molecule has 1 atom stereocenters. The number of fused-ring (bicyclic) bond motifs is 1. The number of rotatable bonds is 4. The van der Waals surface area contributed by atoms with Crippen molar-refractivity contribution in [1.29, 1.82) is 0 Å². The molecule has 8 nitrogen and oxygen atoms in total. The smallest absolute Gasteiger partial charge is 0.225 e. The molecule has 1 N–H and O–H groups in total. The van der Waals surface area contributed by atoms with E-state index in [0.717, 1.165) is 56.8 Å². The average molecular weight is 435 g/mol. The summed E-state index contributed by atoms with van der Waals surface area (Å²) in [6.45, 7) is 1.72. The minimum atomic E-state index is -1.14. The van der Waals surface area contributed by atoms with Gasteiger partial charge in [-0.05, 0) is 32.1 Å². The molecule has 1 unspecified atom stereocenters. The van der Waals surface area contributed by atoms with Crippen LogP contribution in [0.4, 0.5) is 11.8 Å². The van der Waals surface area contributed by atoms with Gasteiger partial charge < -0.3 is 14.9 Å². The van der Waals surface area contributed by atoms with Gasteiger partial charge in [-0.25, -0.2) is 19.9 Å². The summed E-state index contributed by atoms with van der Waals surface area (Å²) >= 11 is 5.88. The lowest BCUT2D eigenvalue weighted by molar-refractivity contribution is 0.119. The Morgan fingerprint density at radius 3 is 2.52 bits per heavy atom. The molecule has 0 spiro atoms. The van der Waals surface area contributed by atoms with Gasteiger partial charge in [-0.15, -0.1) is 0 Å². The molecule has 154 valence electrons. The maximum Gasteiger partial charge on any atom is 0.225 e. The molecule has 2 aromatic rings. The van der Waals surface area contributed by atoms with Gasteiger partial charge in [-0.3, -0.25) is 4.21 Å². The Hall–Kier alpha value is -1.84. The van der Waals surface area contributed by atoms with Crippen molar-refractivity contribution in [3.63, 3.8) is 0 Å². The standard InChI is InChI=1S/C19H23ClN6O2S/c20-14-8-22-18(23-9-14)25-6-2-13(3-7-25)16-21-10-15-17(24-16)26(12-29(15)28)19(11-27)4-1-5-19/h8-10,13,27H,1-7,11-12H2. The minimum Gasteiger partial charge on any atom is -0.394 e. The summed E-state index contributed by atoms with van der Waals surface area (Å²) in [5, 5.41) is 10.5. The molecule has 2 aliphatic heterocycles. The van der Waals surface area contributed by atoms with E-state index in [-0.39, 0.29) is 18.1 Å². The topological polar surface area (TPSA) is 95.3 Å². The van der Waals surface area contributed by atoms with Crippen molar-refractivity contribution in [2.24, 2.45) is 0 Å². The highest BCUT2D eigenvalue weighted by atomic mass is 35.5. The van der Waals surface area contributed by atoms with Crippen molar-refractivity contribution in [3.05, 3.63) is 29.4 Å². The molecule has 10 heteroatoms. The molecule has 1 saturated heterocycles. The molecule has 5 rings (SSSR count). The fourth-order valence-corrected chi connectivity index (χ4v) is 5.84. The Balaban J connectivity index is 1.34. The molecule has 0 amide bonds. The van der Waals surface area contributed by atoms with Crippen LogP contribution in [0.25, 0.3) is 0 Å². The third-order valence-electron chi connectivity index (χ3n) is 6.40. The molecular formula is C19H23ClN6O2S. The van der Waals surface area contributed by atoms with Crippen molar-refractivity contribution in [3.8, 4) is 0 Å². The first-order valence-corrected chi connectivity index (χ1v) is 11.7. The predicted octanol–water partition coefficient (Wildman–Crippen LogP) is 2.10. The van der Waals surface area contributed by atoms with E-state index in [1.807, 2.05) is 0 Å². The van der Waals surface area contributed by atoms with Gasteiger partial charge in [0.05, 0.1) is 40.4 Å². The molecule has 29 heavy (non-hydrogen) atoms. The molecule has 1 aliphatic carbocycles. The lowest BCUT2D eigenvalue weighted by Crippen LogP contribution is -2.56. The lowest BCUT2D eigenvalue weighted by Gasteiger charge is -2.47. The summed E-state index contributed by atoms with van der Waals surface area (Å²) < 4.78 is 12.6. The number of piperidine rings is 1. The number of halogens is 1. The summed E-state index contributed by atoms with van der Waals surface area (Å²) in [6.07, 6.45) is 9.68. The van der Waals surface area contributed by atoms with E-state index in [0.29, 0.717) is 21.7 Å². The first kappa shape index (κ1) is 19.1. The van der Waals surface area contributed by atoms with Crippen LogP contribution in [0, 0.1) is 0 Å². The van der Waals surface area contributed by atoms with Gasteiger partial charge in [0, 0.05) is 25.2 Å². The second-order valence-corrected chi connectivity index (χ2v) is 9.84. The second kappa shape index (κ2) is 7.45.